The van der Waals surface area contributed by atoms with E-state index in [1.54, 1.807) is 9.80 Å². The Morgan fingerprint density at radius 1 is 1.12 bits per heavy atom. The molecule has 1 aliphatic rings. The molecule has 92 valence electrons. The molecule has 2 amide bonds. The Morgan fingerprint density at radius 3 is 2.06 bits per heavy atom. The Morgan fingerprint density at radius 2 is 1.62 bits per heavy atom. The highest BCUT2D eigenvalue weighted by molar-refractivity contribution is 5.76. The van der Waals surface area contributed by atoms with Crippen LogP contribution in [0.5, 0.6) is 0 Å². The van der Waals surface area contributed by atoms with E-state index in [2.05, 4.69) is 0 Å². The van der Waals surface area contributed by atoms with Gasteiger partial charge in [0.15, 0.2) is 0 Å². The molecule has 0 radical (unpaired) electrons. The highest BCUT2D eigenvalue weighted by atomic mass is 16.6. The molecule has 1 rings (SSSR count). The molecule has 0 N–H and O–H groups in total. The number of rotatable bonds is 2. The average Bonchev–Trinajstić information content (AvgIpc) is 2.27. The molecule has 1 heterocycles. The summed E-state index contributed by atoms with van der Waals surface area (Å²) in [6, 6.07) is 0. The second kappa shape index (κ2) is 5.72. The van der Waals surface area contributed by atoms with Gasteiger partial charge >= 0.3 is 6.09 Å². The van der Waals surface area contributed by atoms with Crippen LogP contribution in [0.1, 0.15) is 27.2 Å². The SMILES string of the molecule is CCC(=O)N1CCN(C(=O)OC(C)C)CC1. The number of ether oxygens (including phenoxy) is 1. The minimum absolute atomic E-state index is 0.0946. The third-order valence-corrected chi connectivity index (χ3v) is 2.53. The number of piperazine rings is 1. The zero-order valence-corrected chi connectivity index (χ0v) is 10.2. The molecule has 0 aromatic heterocycles. The maximum absolute atomic E-state index is 11.6. The molecule has 5 heteroatoms. The van der Waals surface area contributed by atoms with E-state index in [4.69, 9.17) is 4.74 Å². The number of nitrogens with zero attached hydrogens (tertiary/aromatic N) is 2. The molecule has 0 bridgehead atoms. The Bertz CT molecular complexity index is 258. The van der Waals surface area contributed by atoms with Gasteiger partial charge in [0, 0.05) is 32.6 Å². The molecule has 1 aliphatic heterocycles. The molecule has 0 aromatic carbocycles. The van der Waals surface area contributed by atoms with E-state index in [0.29, 0.717) is 32.6 Å². The fourth-order valence-electron chi connectivity index (χ4n) is 1.64. The monoisotopic (exact) mass is 228 g/mol. The standard InChI is InChI=1S/C11H20N2O3/c1-4-10(14)12-5-7-13(8-6-12)11(15)16-9(2)3/h9H,4-8H2,1-3H3. The molecule has 0 aromatic rings. The summed E-state index contributed by atoms with van der Waals surface area (Å²) in [6.07, 6.45) is 0.151. The van der Waals surface area contributed by atoms with Gasteiger partial charge in [-0.1, -0.05) is 6.92 Å². The van der Waals surface area contributed by atoms with Crippen molar-refractivity contribution in [3.63, 3.8) is 0 Å². The van der Waals surface area contributed by atoms with Crippen LogP contribution in [0.15, 0.2) is 0 Å². The molecular formula is C11H20N2O3. The Kier molecular flexibility index (Phi) is 4.58. The average molecular weight is 228 g/mol. The zero-order chi connectivity index (χ0) is 12.1. The van der Waals surface area contributed by atoms with Gasteiger partial charge in [-0.25, -0.2) is 4.79 Å². The van der Waals surface area contributed by atoms with E-state index in [-0.39, 0.29) is 18.1 Å². The van der Waals surface area contributed by atoms with Gasteiger partial charge in [0.25, 0.3) is 0 Å². The third-order valence-electron chi connectivity index (χ3n) is 2.53. The second-order valence-corrected chi connectivity index (χ2v) is 4.15. The van der Waals surface area contributed by atoms with Crippen molar-refractivity contribution >= 4 is 12.0 Å². The van der Waals surface area contributed by atoms with Crippen LogP contribution in [0.25, 0.3) is 0 Å². The van der Waals surface area contributed by atoms with Crippen molar-refractivity contribution in [2.24, 2.45) is 0 Å². The number of amides is 2. The Labute approximate surface area is 96.3 Å². The van der Waals surface area contributed by atoms with Gasteiger partial charge in [-0.05, 0) is 13.8 Å². The summed E-state index contributed by atoms with van der Waals surface area (Å²) in [4.78, 5) is 26.4. The lowest BCUT2D eigenvalue weighted by Crippen LogP contribution is -2.50. The highest BCUT2D eigenvalue weighted by Crippen LogP contribution is 2.06. The van der Waals surface area contributed by atoms with Gasteiger partial charge in [-0.3, -0.25) is 4.79 Å². The van der Waals surface area contributed by atoms with E-state index in [0.717, 1.165) is 0 Å². The van der Waals surface area contributed by atoms with Gasteiger partial charge in [-0.15, -0.1) is 0 Å². The van der Waals surface area contributed by atoms with Crippen LogP contribution >= 0.6 is 0 Å². The normalized spacial score (nSPS) is 16.5. The van der Waals surface area contributed by atoms with Crippen LogP contribution in [-0.2, 0) is 9.53 Å². The Hall–Kier alpha value is -1.26. The number of carbonyl (C=O) groups is 2. The summed E-state index contributed by atoms with van der Waals surface area (Å²) in [7, 11) is 0. The molecule has 16 heavy (non-hydrogen) atoms. The summed E-state index contributed by atoms with van der Waals surface area (Å²) >= 11 is 0. The first kappa shape index (κ1) is 12.8. The minimum atomic E-state index is -0.279. The van der Waals surface area contributed by atoms with Gasteiger partial charge in [0.2, 0.25) is 5.91 Å². The van der Waals surface area contributed by atoms with Crippen LogP contribution in [0, 0.1) is 0 Å². The van der Waals surface area contributed by atoms with Gasteiger partial charge in [-0.2, -0.15) is 0 Å². The lowest BCUT2D eigenvalue weighted by atomic mass is 10.3. The quantitative estimate of drug-likeness (QED) is 0.710. The summed E-state index contributed by atoms with van der Waals surface area (Å²) in [5.74, 6) is 0.150. The maximum atomic E-state index is 11.6. The molecule has 1 fully saturated rings. The number of hydrogen-bond donors (Lipinski definition) is 0. The largest absolute Gasteiger partial charge is 0.447 e. The van der Waals surface area contributed by atoms with Crippen molar-refractivity contribution in [1.82, 2.24) is 9.80 Å². The smallest absolute Gasteiger partial charge is 0.410 e. The molecule has 0 unspecified atom stereocenters. The fourth-order valence-corrected chi connectivity index (χ4v) is 1.64. The van der Waals surface area contributed by atoms with Gasteiger partial charge in [0.1, 0.15) is 0 Å². The van der Waals surface area contributed by atoms with Crippen molar-refractivity contribution in [1.29, 1.82) is 0 Å². The van der Waals surface area contributed by atoms with Crippen LogP contribution in [0.4, 0.5) is 4.79 Å². The van der Waals surface area contributed by atoms with Crippen LogP contribution in [0.2, 0.25) is 0 Å². The van der Waals surface area contributed by atoms with Crippen molar-refractivity contribution < 1.29 is 14.3 Å². The van der Waals surface area contributed by atoms with Crippen LogP contribution < -0.4 is 0 Å². The van der Waals surface area contributed by atoms with Crippen molar-refractivity contribution in [2.75, 3.05) is 26.2 Å². The first-order chi connectivity index (χ1) is 7.54. The highest BCUT2D eigenvalue weighted by Gasteiger charge is 2.24. The van der Waals surface area contributed by atoms with E-state index in [9.17, 15) is 9.59 Å². The van der Waals surface area contributed by atoms with Crippen LogP contribution in [-0.4, -0.2) is 54.1 Å². The van der Waals surface area contributed by atoms with Crippen LogP contribution in [0.3, 0.4) is 0 Å². The number of hydrogen-bond acceptors (Lipinski definition) is 3. The number of carbonyl (C=O) groups excluding carboxylic acids is 2. The predicted molar refractivity (Wildman–Crippen MR) is 60.1 cm³/mol. The first-order valence-electron chi connectivity index (χ1n) is 5.78. The topological polar surface area (TPSA) is 49.9 Å². The maximum Gasteiger partial charge on any atom is 0.410 e. The fraction of sp³-hybridized carbons (Fsp3) is 0.818. The zero-order valence-electron chi connectivity index (χ0n) is 10.2. The van der Waals surface area contributed by atoms with E-state index < -0.39 is 0 Å². The summed E-state index contributed by atoms with van der Waals surface area (Å²) in [5, 5.41) is 0. The molecule has 0 spiro atoms. The predicted octanol–water partition coefficient (Wildman–Crippen LogP) is 1.09. The summed E-state index contributed by atoms with van der Waals surface area (Å²) in [5.41, 5.74) is 0. The molecule has 0 saturated carbocycles. The molecule has 0 aliphatic carbocycles. The molecule has 5 nitrogen and oxygen atoms in total. The van der Waals surface area contributed by atoms with Gasteiger partial charge < -0.3 is 14.5 Å². The van der Waals surface area contributed by atoms with Crippen molar-refractivity contribution in [2.45, 2.75) is 33.3 Å². The summed E-state index contributed by atoms with van der Waals surface area (Å²) in [6.45, 7) is 7.86. The van der Waals surface area contributed by atoms with E-state index in [1.165, 1.54) is 0 Å². The van der Waals surface area contributed by atoms with E-state index >= 15 is 0 Å². The third kappa shape index (κ3) is 3.40. The second-order valence-electron chi connectivity index (χ2n) is 4.15. The van der Waals surface area contributed by atoms with Gasteiger partial charge in [0.05, 0.1) is 6.10 Å². The first-order valence-corrected chi connectivity index (χ1v) is 5.78. The minimum Gasteiger partial charge on any atom is -0.447 e. The molecular weight excluding hydrogens is 208 g/mol. The lowest BCUT2D eigenvalue weighted by molar-refractivity contribution is -0.132. The molecule has 0 atom stereocenters. The van der Waals surface area contributed by atoms with Crippen molar-refractivity contribution in [3.8, 4) is 0 Å². The molecule has 1 saturated heterocycles. The Balaban J connectivity index is 2.37. The summed E-state index contributed by atoms with van der Waals surface area (Å²) < 4.78 is 5.10. The van der Waals surface area contributed by atoms with Crippen molar-refractivity contribution in [3.05, 3.63) is 0 Å². The van der Waals surface area contributed by atoms with E-state index in [1.807, 2.05) is 20.8 Å². The lowest BCUT2D eigenvalue weighted by Gasteiger charge is -2.34.